The third kappa shape index (κ3) is 10.2. The average Bonchev–Trinajstić information content (AvgIpc) is 1.26. The van der Waals surface area contributed by atoms with Gasteiger partial charge in [-0.25, -0.2) is 0 Å². The van der Waals surface area contributed by atoms with Crippen molar-refractivity contribution in [3.05, 3.63) is 245 Å². The molecule has 2 heteroatoms. The molecule has 0 amide bonds. The van der Waals surface area contributed by atoms with Gasteiger partial charge in [-0.05, 0) is 584 Å². The molecule has 0 N–H and O–H groups in total. The van der Waals surface area contributed by atoms with Crippen molar-refractivity contribution in [2.45, 2.75) is 303 Å². The summed E-state index contributed by atoms with van der Waals surface area (Å²) in [5, 5.41) is 11.0. The van der Waals surface area contributed by atoms with Gasteiger partial charge in [0.1, 0.15) is 0 Å². The van der Waals surface area contributed by atoms with Crippen molar-refractivity contribution < 1.29 is 0 Å². The molecule has 0 saturated heterocycles. The summed E-state index contributed by atoms with van der Waals surface area (Å²) in [6, 6.07) is 2.75. The van der Waals surface area contributed by atoms with Crippen LogP contribution in [0.1, 0.15) is 253 Å². The Hall–Kier alpha value is -8.72. The van der Waals surface area contributed by atoms with Crippen molar-refractivity contribution in [1.82, 2.24) is 0 Å². The zero-order chi connectivity index (χ0) is 81.7. The first-order chi connectivity index (χ1) is 51.1. The van der Waals surface area contributed by atoms with Gasteiger partial charge >= 0.3 is 0 Å². The Morgan fingerprint density at radius 2 is 0.345 bits per heavy atom. The Morgan fingerprint density at radius 1 is 0.155 bits per heavy atom. The van der Waals surface area contributed by atoms with E-state index in [1.165, 1.54) is 350 Å². The van der Waals surface area contributed by atoms with E-state index in [2.05, 4.69) is 314 Å². The lowest BCUT2D eigenvalue weighted by atomic mass is 9.73. The van der Waals surface area contributed by atoms with E-state index < -0.39 is 5.41 Å². The monoisotopic (exact) mass is 1460 g/mol. The molecule has 0 fully saturated rings. The Bertz CT molecular complexity index is 5880. The summed E-state index contributed by atoms with van der Waals surface area (Å²) in [5.41, 5.74) is 74.6. The van der Waals surface area contributed by atoms with Crippen molar-refractivity contribution in [2.24, 2.45) is 0 Å². The first-order valence-corrected chi connectivity index (χ1v) is 41.2. The van der Waals surface area contributed by atoms with Gasteiger partial charge in [0.2, 0.25) is 0 Å². The summed E-state index contributed by atoms with van der Waals surface area (Å²) < 4.78 is 0. The van der Waals surface area contributed by atoms with Gasteiger partial charge in [0, 0.05) is 27.0 Å². The number of rotatable bonds is 8. The second kappa shape index (κ2) is 26.5. The standard InChI is InChI=1S/C108H130N2/c1-45-57(13)77(33)102(78(34)58(45)14)109(103-79(35)59(15)46(2)60(16)80(103)36)106-95-70(26)53(9)49(5)66(22)90(95)99(91-67(23)50(6)54(10)71(27)96(91)106)86-44-87-89(74(30)65(86)21)94-76(32)75(31)88(85(41)101(94)108(87,42)43)100-92-68(24)51(7)55(11)72(28)97(92)107(98-73(29)56(12)52(8)69(25)93(98)100)110(104-81(37)61(17)47(3)62(18)82(104)38)105-83(39)63(19)48(4)64(20)84(105)40/h44H,1-43H3. The Balaban J connectivity index is 1.21. The summed E-state index contributed by atoms with van der Waals surface area (Å²) in [6.45, 7) is 104. The van der Waals surface area contributed by atoms with Crippen molar-refractivity contribution >= 4 is 77.2 Å². The molecule has 0 aromatic heterocycles. The van der Waals surface area contributed by atoms with Crippen LogP contribution in [0.4, 0.5) is 34.1 Å². The molecule has 110 heavy (non-hydrogen) atoms. The number of anilines is 6. The molecule has 1 aliphatic carbocycles. The molecular weight excluding hydrogens is 1330 g/mol. The summed E-state index contributed by atoms with van der Waals surface area (Å²) in [5.74, 6) is 0. The maximum Gasteiger partial charge on any atom is 0.0625 e. The Kier molecular flexibility index (Phi) is 19.1. The highest BCUT2D eigenvalue weighted by Gasteiger charge is 2.44. The number of fused-ring (bicyclic) bond motifs is 7. The zero-order valence-electron chi connectivity index (χ0n) is 76.5. The lowest BCUT2D eigenvalue weighted by Crippen LogP contribution is -2.21. The van der Waals surface area contributed by atoms with Crippen molar-refractivity contribution in [3.8, 4) is 33.4 Å². The quantitative estimate of drug-likeness (QED) is 0.140. The van der Waals surface area contributed by atoms with E-state index in [0.29, 0.717) is 0 Å². The van der Waals surface area contributed by atoms with E-state index in [-0.39, 0.29) is 0 Å². The summed E-state index contributed by atoms with van der Waals surface area (Å²) in [7, 11) is 0. The SMILES string of the molecule is Cc1c(-c2c3c(C)c(C)c(C)c(C)c3c(N(c3c(C)c(C)c(C)c(C)c3C)c3c(C)c(C)c(C)c(C)c3C)c3c(C)c(C)c(C)c(C)c23)cc2c(c1C)-c1c(C)c(C)c(-c3c4c(C)c(C)c(C)c(C)c4c(N(c4c(C)c(C)c(C)c(C)c4C)c4c(C)c(C)c(C)c(C)c4C)c4c(C)c(C)c(C)c(C)c34)c(C)c1C2(C)C. The van der Waals surface area contributed by atoms with E-state index in [1.807, 2.05) is 0 Å². The highest BCUT2D eigenvalue weighted by molar-refractivity contribution is 6.29. The minimum absolute atomic E-state index is 0.414. The fourth-order valence-electron chi connectivity index (χ4n) is 21.8. The highest BCUT2D eigenvalue weighted by atomic mass is 15.2. The molecule has 12 aromatic rings. The van der Waals surface area contributed by atoms with Crippen LogP contribution in [0, 0.1) is 284 Å². The molecule has 0 saturated carbocycles. The Morgan fingerprint density at radius 3 is 0.591 bits per heavy atom. The molecular formula is C108H130N2. The minimum Gasteiger partial charge on any atom is -0.308 e. The predicted octanol–water partition coefficient (Wildman–Crippen LogP) is 31.5. The van der Waals surface area contributed by atoms with Gasteiger partial charge in [-0.3, -0.25) is 0 Å². The minimum atomic E-state index is -0.414. The largest absolute Gasteiger partial charge is 0.308 e. The average molecular weight is 1460 g/mol. The molecule has 572 valence electrons. The van der Waals surface area contributed by atoms with Gasteiger partial charge in [0.05, 0.1) is 34.1 Å². The third-order valence-corrected chi connectivity index (χ3v) is 32.2. The first kappa shape index (κ1) is 79.4. The number of aryl methyl sites for hydroxylation is 8. The van der Waals surface area contributed by atoms with Crippen molar-refractivity contribution in [2.75, 3.05) is 9.80 Å². The fourth-order valence-corrected chi connectivity index (χ4v) is 21.8. The van der Waals surface area contributed by atoms with Gasteiger partial charge < -0.3 is 9.80 Å². The summed E-state index contributed by atoms with van der Waals surface area (Å²) in [4.78, 5) is 5.68. The maximum atomic E-state index is 2.84. The van der Waals surface area contributed by atoms with Gasteiger partial charge in [0.25, 0.3) is 0 Å². The molecule has 12 aromatic carbocycles. The van der Waals surface area contributed by atoms with E-state index in [0.717, 1.165) is 0 Å². The molecule has 0 heterocycles. The lowest BCUT2D eigenvalue weighted by Gasteiger charge is -2.38. The van der Waals surface area contributed by atoms with E-state index in [4.69, 9.17) is 0 Å². The number of benzene rings is 12. The summed E-state index contributed by atoms with van der Waals surface area (Å²) >= 11 is 0. The molecule has 0 radical (unpaired) electrons. The number of hydrogen-bond donors (Lipinski definition) is 0. The van der Waals surface area contributed by atoms with Gasteiger partial charge in [-0.1, -0.05) is 13.8 Å². The smallest absolute Gasteiger partial charge is 0.0625 e. The third-order valence-electron chi connectivity index (χ3n) is 32.2. The van der Waals surface area contributed by atoms with E-state index in [1.54, 1.807) is 0 Å². The van der Waals surface area contributed by atoms with Gasteiger partial charge in [-0.15, -0.1) is 0 Å². The highest BCUT2D eigenvalue weighted by Crippen LogP contribution is 2.64. The van der Waals surface area contributed by atoms with Crippen LogP contribution in [0.2, 0.25) is 0 Å². The predicted molar refractivity (Wildman–Crippen MR) is 488 cm³/mol. The van der Waals surface area contributed by atoms with Crippen LogP contribution in [0.15, 0.2) is 6.07 Å². The van der Waals surface area contributed by atoms with E-state index in [9.17, 15) is 0 Å². The van der Waals surface area contributed by atoms with Crippen LogP contribution in [0.5, 0.6) is 0 Å². The molecule has 0 aliphatic heterocycles. The lowest BCUT2D eigenvalue weighted by molar-refractivity contribution is 0.655. The van der Waals surface area contributed by atoms with Gasteiger partial charge in [0.15, 0.2) is 0 Å². The van der Waals surface area contributed by atoms with Crippen LogP contribution in [-0.4, -0.2) is 0 Å². The first-order valence-electron chi connectivity index (χ1n) is 41.2. The number of hydrogen-bond acceptors (Lipinski definition) is 2. The Labute approximate surface area is 664 Å². The molecule has 2 nitrogen and oxygen atoms in total. The molecule has 0 atom stereocenters. The normalized spacial score (nSPS) is 12.8. The fraction of sp³-hybridized carbons (Fsp3) is 0.407. The molecule has 1 aliphatic rings. The zero-order valence-corrected chi connectivity index (χ0v) is 76.5. The van der Waals surface area contributed by atoms with Gasteiger partial charge in [-0.2, -0.15) is 0 Å². The van der Waals surface area contributed by atoms with Crippen LogP contribution in [0.3, 0.4) is 0 Å². The molecule has 0 spiro atoms. The topological polar surface area (TPSA) is 6.48 Å². The maximum absolute atomic E-state index is 2.84. The molecule has 13 rings (SSSR count). The van der Waals surface area contributed by atoms with Crippen LogP contribution in [-0.2, 0) is 5.41 Å². The van der Waals surface area contributed by atoms with Crippen LogP contribution >= 0.6 is 0 Å². The van der Waals surface area contributed by atoms with Crippen molar-refractivity contribution in [3.63, 3.8) is 0 Å². The van der Waals surface area contributed by atoms with E-state index >= 15 is 0 Å². The van der Waals surface area contributed by atoms with Crippen molar-refractivity contribution in [1.29, 1.82) is 0 Å². The molecule has 0 unspecified atom stereocenters. The number of nitrogens with zero attached hydrogens (tertiary/aromatic N) is 2. The van der Waals surface area contributed by atoms with Crippen LogP contribution < -0.4 is 9.80 Å². The van der Waals surface area contributed by atoms with Crippen LogP contribution in [0.25, 0.3) is 76.5 Å². The summed E-state index contributed by atoms with van der Waals surface area (Å²) in [6.07, 6.45) is 0. The second-order valence-electron chi connectivity index (χ2n) is 36.2. The molecule has 0 bridgehead atoms. The second-order valence-corrected chi connectivity index (χ2v) is 36.2.